The number of hydrogen-bond donors (Lipinski definition) is 0. The fourth-order valence-electron chi connectivity index (χ4n) is 4.94. The van der Waals surface area contributed by atoms with Crippen LogP contribution in [0.2, 0.25) is 0 Å². The summed E-state index contributed by atoms with van der Waals surface area (Å²) in [6.45, 7) is 19.3. The van der Waals surface area contributed by atoms with Gasteiger partial charge in [0.1, 0.15) is 0 Å². The highest BCUT2D eigenvalue weighted by atomic mass is 16.0. The van der Waals surface area contributed by atoms with Crippen molar-refractivity contribution in [3.63, 3.8) is 0 Å². The summed E-state index contributed by atoms with van der Waals surface area (Å²) >= 11 is 0. The molecule has 0 saturated carbocycles. The van der Waals surface area contributed by atoms with Crippen molar-refractivity contribution in [3.05, 3.63) is 0 Å². The maximum Gasteiger partial charge on any atom is -0.0443 e. The zero-order chi connectivity index (χ0) is 22.8. The van der Waals surface area contributed by atoms with Gasteiger partial charge in [-0.15, -0.1) is 0 Å². The van der Waals surface area contributed by atoms with Crippen LogP contribution in [0.25, 0.3) is 0 Å². The summed E-state index contributed by atoms with van der Waals surface area (Å²) in [5.41, 5.74) is 0. The Morgan fingerprint density at radius 2 is 0.484 bits per heavy atom. The quantitative estimate of drug-likeness (QED) is 0.159. The molecule has 31 heavy (non-hydrogen) atoms. The van der Waals surface area contributed by atoms with E-state index in [9.17, 15) is 0 Å². The molecule has 0 radical (unpaired) electrons. The van der Waals surface area contributed by atoms with Crippen molar-refractivity contribution < 1.29 is 5.48 Å². The average Bonchev–Trinajstić information content (AvgIpc) is 2.64. The van der Waals surface area contributed by atoms with Gasteiger partial charge < -0.3 is 5.48 Å². The van der Waals surface area contributed by atoms with E-state index in [1.54, 1.807) is 0 Å². The predicted molar refractivity (Wildman–Crippen MR) is 144 cm³/mol. The van der Waals surface area contributed by atoms with Crippen molar-refractivity contribution >= 4 is 0 Å². The molecule has 0 aromatic heterocycles. The zero-order valence-electron chi connectivity index (χ0n) is 23.3. The maximum absolute atomic E-state index is 2.49. The average molecular weight is 441 g/mol. The molecule has 4 atom stereocenters. The molecule has 1 nitrogen and oxygen atoms in total. The Morgan fingerprint density at radius 3 is 0.710 bits per heavy atom. The lowest BCUT2D eigenvalue weighted by atomic mass is 9.90. The summed E-state index contributed by atoms with van der Waals surface area (Å²) in [6.07, 6.45) is 23.2. The normalized spacial score (nSPS) is 15.7. The van der Waals surface area contributed by atoms with E-state index in [0.717, 1.165) is 35.5 Å². The highest BCUT2D eigenvalue weighted by Crippen LogP contribution is 2.24. The molecule has 0 spiro atoms. The Labute approximate surface area is 199 Å². The van der Waals surface area contributed by atoms with Crippen LogP contribution in [0.4, 0.5) is 0 Å². The smallest absolute Gasteiger partial charge is 0.0443 e. The molecule has 0 aromatic carbocycles. The fourth-order valence-corrected chi connectivity index (χ4v) is 4.94. The summed E-state index contributed by atoms with van der Waals surface area (Å²) < 4.78 is 0. The summed E-state index contributed by atoms with van der Waals surface area (Å²) in [7, 11) is 0. The molecule has 0 aromatic rings. The van der Waals surface area contributed by atoms with Crippen molar-refractivity contribution in [3.8, 4) is 0 Å². The summed E-state index contributed by atoms with van der Waals surface area (Å²) in [5, 5.41) is 0. The summed E-state index contributed by atoms with van der Waals surface area (Å²) in [5.74, 6) is 5.51. The lowest BCUT2D eigenvalue weighted by Crippen LogP contribution is -2.01. The fraction of sp³-hybridized carbons (Fsp3) is 1.00. The molecule has 0 bridgehead atoms. The van der Waals surface area contributed by atoms with Gasteiger partial charge in [-0.3, -0.25) is 0 Å². The van der Waals surface area contributed by atoms with Crippen molar-refractivity contribution in [1.29, 1.82) is 0 Å². The van der Waals surface area contributed by atoms with Crippen LogP contribution < -0.4 is 0 Å². The van der Waals surface area contributed by atoms with Crippen LogP contribution >= 0.6 is 0 Å². The second-order valence-corrected chi connectivity index (χ2v) is 12.2. The first kappa shape index (κ1) is 33.1. The largest absolute Gasteiger partial charge is 0.412 e. The molecule has 1 heteroatoms. The molecule has 0 aliphatic rings. The van der Waals surface area contributed by atoms with Gasteiger partial charge in [0.25, 0.3) is 0 Å². The van der Waals surface area contributed by atoms with Crippen molar-refractivity contribution in [2.24, 2.45) is 35.5 Å². The van der Waals surface area contributed by atoms with Gasteiger partial charge in [0, 0.05) is 0 Å². The van der Waals surface area contributed by atoms with E-state index in [2.05, 4.69) is 55.4 Å². The lowest BCUT2D eigenvalue weighted by Gasteiger charge is -2.16. The molecule has 0 aliphatic heterocycles. The van der Waals surface area contributed by atoms with Gasteiger partial charge in [-0.05, 0) is 35.5 Å². The monoisotopic (exact) mass is 440 g/mol. The Morgan fingerprint density at radius 1 is 0.290 bits per heavy atom. The minimum Gasteiger partial charge on any atom is -0.412 e. The van der Waals surface area contributed by atoms with Crippen LogP contribution in [0.3, 0.4) is 0 Å². The number of unbranched alkanes of at least 4 members (excludes halogenated alkanes) is 1. The Kier molecular flexibility index (Phi) is 23.3. The Bertz CT molecular complexity index is 314. The number of hydrogen-bond acceptors (Lipinski definition) is 0. The van der Waals surface area contributed by atoms with E-state index in [0.29, 0.717) is 0 Å². The van der Waals surface area contributed by atoms with Crippen LogP contribution in [0, 0.1) is 35.5 Å². The first-order valence-corrected chi connectivity index (χ1v) is 14.2. The van der Waals surface area contributed by atoms with Gasteiger partial charge in [-0.2, -0.15) is 0 Å². The second kappa shape index (κ2) is 21.8. The topological polar surface area (TPSA) is 31.5 Å². The summed E-state index contributed by atoms with van der Waals surface area (Å²) in [6, 6.07) is 0. The van der Waals surface area contributed by atoms with E-state index in [1.807, 2.05) is 0 Å². The molecule has 0 aliphatic carbocycles. The van der Waals surface area contributed by atoms with Gasteiger partial charge >= 0.3 is 0 Å². The third-order valence-electron chi connectivity index (χ3n) is 7.39. The van der Waals surface area contributed by atoms with Gasteiger partial charge in [-0.1, -0.05) is 158 Å². The van der Waals surface area contributed by atoms with Crippen LogP contribution in [-0.2, 0) is 0 Å². The molecule has 0 fully saturated rings. The SMILES string of the molecule is CC(C)CCCC(C)CCCC(C)CCCCC(C)CCCC(C)CCCC(C)C.O. The van der Waals surface area contributed by atoms with Gasteiger partial charge in [0.2, 0.25) is 0 Å². The standard InChI is InChI=1S/C30H62.H2O/c1-25(2)15-11-19-29(7)23-13-21-27(5)17-9-10-18-28(6)22-14-24-30(8)20-12-16-26(3)4;/h25-30H,9-24H2,1-8H3;1H2. The minimum atomic E-state index is 0. The highest BCUT2D eigenvalue weighted by Gasteiger charge is 2.09. The molecular formula is C30H64O. The predicted octanol–water partition coefficient (Wildman–Crippen LogP) is 10.3. The third-order valence-corrected chi connectivity index (χ3v) is 7.39. The number of rotatable bonds is 21. The van der Waals surface area contributed by atoms with E-state index in [1.165, 1.54) is 103 Å². The molecule has 0 heterocycles. The molecule has 0 amide bonds. The van der Waals surface area contributed by atoms with Crippen molar-refractivity contribution in [2.45, 2.75) is 158 Å². The van der Waals surface area contributed by atoms with Crippen LogP contribution in [-0.4, -0.2) is 5.48 Å². The van der Waals surface area contributed by atoms with E-state index < -0.39 is 0 Å². The Balaban J connectivity index is 0. The van der Waals surface area contributed by atoms with E-state index in [-0.39, 0.29) is 5.48 Å². The van der Waals surface area contributed by atoms with Gasteiger partial charge in [-0.25, -0.2) is 0 Å². The first-order valence-electron chi connectivity index (χ1n) is 14.2. The molecule has 4 unspecified atom stereocenters. The van der Waals surface area contributed by atoms with E-state index >= 15 is 0 Å². The summed E-state index contributed by atoms with van der Waals surface area (Å²) in [4.78, 5) is 0. The zero-order valence-corrected chi connectivity index (χ0v) is 23.3. The minimum absolute atomic E-state index is 0. The van der Waals surface area contributed by atoms with Crippen LogP contribution in [0.15, 0.2) is 0 Å². The third kappa shape index (κ3) is 24.4. The van der Waals surface area contributed by atoms with Crippen LogP contribution in [0.1, 0.15) is 158 Å². The second-order valence-electron chi connectivity index (χ2n) is 12.2. The molecule has 2 N–H and O–H groups in total. The van der Waals surface area contributed by atoms with E-state index in [4.69, 9.17) is 0 Å². The molecule has 190 valence electrons. The Hall–Kier alpha value is -0.0400. The van der Waals surface area contributed by atoms with Crippen molar-refractivity contribution in [1.82, 2.24) is 0 Å². The van der Waals surface area contributed by atoms with Crippen molar-refractivity contribution in [2.75, 3.05) is 0 Å². The van der Waals surface area contributed by atoms with Gasteiger partial charge in [0.15, 0.2) is 0 Å². The lowest BCUT2D eigenvalue weighted by molar-refractivity contribution is 0.369. The van der Waals surface area contributed by atoms with Crippen LogP contribution in [0.5, 0.6) is 0 Å². The molecular weight excluding hydrogens is 376 g/mol. The first-order chi connectivity index (χ1) is 14.2. The van der Waals surface area contributed by atoms with Gasteiger partial charge in [0.05, 0.1) is 0 Å². The maximum atomic E-state index is 2.49. The molecule has 0 rings (SSSR count). The highest BCUT2D eigenvalue weighted by molar-refractivity contribution is 4.62. The molecule has 0 saturated heterocycles.